The second-order valence-electron chi connectivity index (χ2n) is 4.31. The molecule has 0 bridgehead atoms. The van der Waals surface area contributed by atoms with Crippen LogP contribution in [0.1, 0.15) is 19.7 Å². The van der Waals surface area contributed by atoms with E-state index in [1.165, 1.54) is 0 Å². The van der Waals surface area contributed by atoms with E-state index >= 15 is 0 Å². The maximum atomic E-state index is 5.61. The quantitative estimate of drug-likeness (QED) is 0.804. The molecule has 3 nitrogen and oxygen atoms in total. The Morgan fingerprint density at radius 3 is 2.33 bits per heavy atom. The maximum absolute atomic E-state index is 5.61. The van der Waals surface area contributed by atoms with Gasteiger partial charge in [-0.05, 0) is 67.0 Å². The Labute approximate surface area is 115 Å². The van der Waals surface area contributed by atoms with Gasteiger partial charge in [-0.15, -0.1) is 0 Å². The molecule has 0 aliphatic rings. The first kappa shape index (κ1) is 13.0. The third-order valence-electron chi connectivity index (χ3n) is 2.33. The van der Waals surface area contributed by atoms with Gasteiger partial charge in [0, 0.05) is 5.56 Å². The van der Waals surface area contributed by atoms with Crippen LogP contribution in [0.25, 0.3) is 11.3 Å². The topological polar surface area (TPSA) is 35.0 Å². The highest BCUT2D eigenvalue weighted by molar-refractivity contribution is 9.10. The molecule has 0 atom stereocenters. The van der Waals surface area contributed by atoms with Crippen LogP contribution in [-0.4, -0.2) is 16.1 Å². The molecule has 0 radical (unpaired) electrons. The van der Waals surface area contributed by atoms with Crippen LogP contribution in [0.15, 0.2) is 34.9 Å². The first-order chi connectivity index (χ1) is 8.54. The average molecular weight is 307 g/mol. The number of benzene rings is 1. The third kappa shape index (κ3) is 3.29. The summed E-state index contributed by atoms with van der Waals surface area (Å²) in [5, 5.41) is 0. The molecule has 4 heteroatoms. The zero-order chi connectivity index (χ0) is 13.1. The predicted octanol–water partition coefficient (Wildman–Crippen LogP) is 4.00. The molecule has 1 heterocycles. The molecular formula is C14H15BrN2O. The van der Waals surface area contributed by atoms with Crippen molar-refractivity contribution in [1.82, 2.24) is 9.97 Å². The zero-order valence-electron chi connectivity index (χ0n) is 10.6. The average Bonchev–Trinajstić information content (AvgIpc) is 2.27. The minimum atomic E-state index is 0.186. The molecule has 0 saturated carbocycles. The summed E-state index contributed by atoms with van der Waals surface area (Å²) in [5.74, 6) is 1.63. The normalized spacial score (nSPS) is 10.7. The van der Waals surface area contributed by atoms with Crippen LogP contribution < -0.4 is 4.74 Å². The van der Waals surface area contributed by atoms with Crippen LogP contribution in [0.3, 0.4) is 0 Å². The van der Waals surface area contributed by atoms with E-state index in [-0.39, 0.29) is 6.10 Å². The fourth-order valence-electron chi connectivity index (χ4n) is 1.66. The van der Waals surface area contributed by atoms with Gasteiger partial charge >= 0.3 is 0 Å². The highest BCUT2D eigenvalue weighted by Gasteiger charge is 2.04. The fourth-order valence-corrected chi connectivity index (χ4v) is 2.13. The summed E-state index contributed by atoms with van der Waals surface area (Å²) in [6, 6.07) is 9.84. The van der Waals surface area contributed by atoms with Crippen molar-refractivity contribution in [3.05, 3.63) is 40.8 Å². The molecule has 18 heavy (non-hydrogen) atoms. The van der Waals surface area contributed by atoms with E-state index in [1.807, 2.05) is 51.1 Å². The van der Waals surface area contributed by atoms with Crippen LogP contribution in [0.4, 0.5) is 0 Å². The molecule has 0 aliphatic heterocycles. The fraction of sp³-hybridized carbons (Fsp3) is 0.286. The number of ether oxygens (including phenoxy) is 1. The predicted molar refractivity (Wildman–Crippen MR) is 75.7 cm³/mol. The monoisotopic (exact) mass is 306 g/mol. The van der Waals surface area contributed by atoms with Gasteiger partial charge in [-0.1, -0.05) is 0 Å². The van der Waals surface area contributed by atoms with Crippen LogP contribution in [-0.2, 0) is 0 Å². The van der Waals surface area contributed by atoms with E-state index in [9.17, 15) is 0 Å². The van der Waals surface area contributed by atoms with E-state index in [2.05, 4.69) is 25.9 Å². The summed E-state index contributed by atoms with van der Waals surface area (Å²) in [6.07, 6.45) is 0.186. The summed E-state index contributed by atoms with van der Waals surface area (Å²) < 4.78 is 6.41. The Kier molecular flexibility index (Phi) is 3.97. The standard InChI is InChI=1S/C14H15BrN2O/c1-9(2)18-12-6-4-11(5-7-12)13-8-14(15)17-10(3)16-13/h4-9H,1-3H3. The van der Waals surface area contributed by atoms with Gasteiger partial charge in [0.15, 0.2) is 0 Å². The molecule has 0 spiro atoms. The van der Waals surface area contributed by atoms with Crippen molar-refractivity contribution < 1.29 is 4.74 Å². The van der Waals surface area contributed by atoms with Gasteiger partial charge in [-0.2, -0.15) is 0 Å². The number of halogens is 1. The van der Waals surface area contributed by atoms with Crippen LogP contribution in [0, 0.1) is 6.92 Å². The lowest BCUT2D eigenvalue weighted by Gasteiger charge is -2.10. The first-order valence-corrected chi connectivity index (χ1v) is 6.62. The maximum Gasteiger partial charge on any atom is 0.127 e. The molecule has 2 aromatic rings. The van der Waals surface area contributed by atoms with Crippen molar-refractivity contribution >= 4 is 15.9 Å². The zero-order valence-corrected chi connectivity index (χ0v) is 12.2. The Hall–Kier alpha value is -1.42. The van der Waals surface area contributed by atoms with Gasteiger partial charge in [-0.25, -0.2) is 9.97 Å². The number of hydrogen-bond donors (Lipinski definition) is 0. The molecule has 0 N–H and O–H groups in total. The van der Waals surface area contributed by atoms with Gasteiger partial charge in [0.2, 0.25) is 0 Å². The first-order valence-electron chi connectivity index (χ1n) is 5.83. The summed E-state index contributed by atoms with van der Waals surface area (Å²) in [6.45, 7) is 5.90. The summed E-state index contributed by atoms with van der Waals surface area (Å²) in [5.41, 5.74) is 1.96. The minimum absolute atomic E-state index is 0.186. The Morgan fingerprint density at radius 2 is 1.78 bits per heavy atom. The Morgan fingerprint density at radius 1 is 1.11 bits per heavy atom. The lowest BCUT2D eigenvalue weighted by molar-refractivity contribution is 0.242. The van der Waals surface area contributed by atoms with E-state index in [1.54, 1.807) is 0 Å². The summed E-state index contributed by atoms with van der Waals surface area (Å²) in [7, 11) is 0. The molecule has 2 rings (SSSR count). The Bertz CT molecular complexity index is 518. The highest BCUT2D eigenvalue weighted by atomic mass is 79.9. The molecule has 0 aliphatic carbocycles. The largest absolute Gasteiger partial charge is 0.491 e. The number of rotatable bonds is 3. The van der Waals surface area contributed by atoms with Crippen molar-refractivity contribution in [2.45, 2.75) is 26.9 Å². The number of aromatic nitrogens is 2. The smallest absolute Gasteiger partial charge is 0.127 e. The van der Waals surface area contributed by atoms with E-state index in [0.29, 0.717) is 0 Å². The molecule has 1 aromatic carbocycles. The summed E-state index contributed by atoms with van der Waals surface area (Å²) >= 11 is 3.38. The van der Waals surface area contributed by atoms with Gasteiger partial charge in [0.1, 0.15) is 16.2 Å². The van der Waals surface area contributed by atoms with Gasteiger partial charge in [-0.3, -0.25) is 0 Å². The minimum Gasteiger partial charge on any atom is -0.491 e. The number of aryl methyl sites for hydroxylation is 1. The van der Waals surface area contributed by atoms with Crippen LogP contribution >= 0.6 is 15.9 Å². The molecule has 0 unspecified atom stereocenters. The lowest BCUT2D eigenvalue weighted by atomic mass is 10.1. The molecule has 1 aromatic heterocycles. The second kappa shape index (κ2) is 5.48. The van der Waals surface area contributed by atoms with Gasteiger partial charge in [0.25, 0.3) is 0 Å². The van der Waals surface area contributed by atoms with Crippen molar-refractivity contribution in [3.63, 3.8) is 0 Å². The second-order valence-corrected chi connectivity index (χ2v) is 5.13. The number of hydrogen-bond acceptors (Lipinski definition) is 3. The van der Waals surface area contributed by atoms with Crippen LogP contribution in [0.2, 0.25) is 0 Å². The lowest BCUT2D eigenvalue weighted by Crippen LogP contribution is -2.05. The van der Waals surface area contributed by atoms with Crippen molar-refractivity contribution in [2.24, 2.45) is 0 Å². The van der Waals surface area contributed by atoms with E-state index < -0.39 is 0 Å². The number of nitrogens with zero attached hydrogens (tertiary/aromatic N) is 2. The summed E-state index contributed by atoms with van der Waals surface area (Å²) in [4.78, 5) is 8.61. The molecule has 0 saturated heterocycles. The SMILES string of the molecule is Cc1nc(Br)cc(-c2ccc(OC(C)C)cc2)n1. The van der Waals surface area contributed by atoms with E-state index in [0.717, 1.165) is 27.4 Å². The van der Waals surface area contributed by atoms with Crippen molar-refractivity contribution in [1.29, 1.82) is 0 Å². The van der Waals surface area contributed by atoms with Crippen molar-refractivity contribution in [2.75, 3.05) is 0 Å². The Balaban J connectivity index is 2.28. The van der Waals surface area contributed by atoms with Gasteiger partial charge in [0.05, 0.1) is 11.8 Å². The highest BCUT2D eigenvalue weighted by Crippen LogP contribution is 2.23. The van der Waals surface area contributed by atoms with E-state index in [4.69, 9.17) is 4.74 Å². The third-order valence-corrected chi connectivity index (χ3v) is 2.73. The molecular weight excluding hydrogens is 292 g/mol. The van der Waals surface area contributed by atoms with Crippen molar-refractivity contribution in [3.8, 4) is 17.0 Å². The van der Waals surface area contributed by atoms with Crippen LogP contribution in [0.5, 0.6) is 5.75 Å². The molecule has 0 amide bonds. The van der Waals surface area contributed by atoms with Gasteiger partial charge < -0.3 is 4.74 Å². The molecule has 0 fully saturated rings. The molecule has 94 valence electrons.